The summed E-state index contributed by atoms with van der Waals surface area (Å²) in [5, 5.41) is 0. The average molecular weight is 346 g/mol. The normalized spacial score (nSPS) is 10.4. The summed E-state index contributed by atoms with van der Waals surface area (Å²) in [4.78, 5) is 12.1. The summed E-state index contributed by atoms with van der Waals surface area (Å²) >= 11 is 0. The van der Waals surface area contributed by atoms with E-state index in [4.69, 9.17) is 9.47 Å². The number of ether oxygens (including phenoxy) is 2. The molecule has 0 aliphatic heterocycles. The zero-order valence-corrected chi connectivity index (χ0v) is 14.1. The number of carbonyl (C=O) groups excluding carboxylic acids is 1. The van der Waals surface area contributed by atoms with Gasteiger partial charge in [-0.15, -0.1) is 6.58 Å². The van der Waals surface area contributed by atoms with Crippen LogP contribution in [0.15, 0.2) is 49.1 Å². The van der Waals surface area contributed by atoms with Gasteiger partial charge in [0.1, 0.15) is 5.75 Å². The maximum Gasteiger partial charge on any atom is 0.343 e. The van der Waals surface area contributed by atoms with Crippen LogP contribution in [0.2, 0.25) is 0 Å². The Labute approximate surface area is 145 Å². The number of aryl methyl sites for hydroxylation is 1. The molecule has 0 atom stereocenters. The van der Waals surface area contributed by atoms with Gasteiger partial charge in [-0.25, -0.2) is 9.18 Å². The number of esters is 1. The number of hydrogen-bond acceptors (Lipinski definition) is 3. The van der Waals surface area contributed by atoms with Gasteiger partial charge in [-0.05, 0) is 55.2 Å². The van der Waals surface area contributed by atoms with Crippen LogP contribution in [0.5, 0.6) is 11.5 Å². The molecule has 0 heterocycles. The molecule has 0 aliphatic carbocycles. The van der Waals surface area contributed by atoms with Gasteiger partial charge >= 0.3 is 5.97 Å². The molecule has 2 aromatic rings. The van der Waals surface area contributed by atoms with Crippen molar-refractivity contribution in [3.8, 4) is 11.5 Å². The van der Waals surface area contributed by atoms with Crippen molar-refractivity contribution in [2.75, 3.05) is 6.61 Å². The van der Waals surface area contributed by atoms with Gasteiger partial charge in [-0.1, -0.05) is 19.1 Å². The van der Waals surface area contributed by atoms with Crippen molar-refractivity contribution in [2.24, 2.45) is 0 Å². The lowest BCUT2D eigenvalue weighted by molar-refractivity contribution is 0.0726. The molecule has 2 aromatic carbocycles. The third-order valence-corrected chi connectivity index (χ3v) is 3.51. The second-order valence-corrected chi connectivity index (χ2v) is 5.44. The van der Waals surface area contributed by atoms with E-state index in [1.54, 1.807) is 18.2 Å². The van der Waals surface area contributed by atoms with Crippen molar-refractivity contribution >= 4 is 5.97 Å². The average Bonchev–Trinajstić information content (AvgIpc) is 2.63. The highest BCUT2D eigenvalue weighted by molar-refractivity contribution is 5.91. The largest absolute Gasteiger partial charge is 0.494 e. The molecule has 0 spiro atoms. The van der Waals surface area contributed by atoms with E-state index in [0.717, 1.165) is 6.42 Å². The van der Waals surface area contributed by atoms with Crippen LogP contribution in [0.4, 0.5) is 8.78 Å². The molecule has 0 amide bonds. The van der Waals surface area contributed by atoms with Gasteiger partial charge in [0.25, 0.3) is 0 Å². The molecular formula is C20H20F2O3. The highest BCUT2D eigenvalue weighted by atomic mass is 19.2. The maximum absolute atomic E-state index is 14.1. The van der Waals surface area contributed by atoms with Crippen molar-refractivity contribution in [1.29, 1.82) is 0 Å². The predicted molar refractivity (Wildman–Crippen MR) is 92.1 cm³/mol. The lowest BCUT2D eigenvalue weighted by Crippen LogP contribution is -2.10. The zero-order valence-electron chi connectivity index (χ0n) is 14.1. The fraction of sp³-hybridized carbons (Fsp3) is 0.250. The van der Waals surface area contributed by atoms with E-state index in [1.165, 1.54) is 24.3 Å². The van der Waals surface area contributed by atoms with Crippen molar-refractivity contribution in [1.82, 2.24) is 0 Å². The van der Waals surface area contributed by atoms with Crippen LogP contribution in [0.25, 0.3) is 0 Å². The first-order valence-corrected chi connectivity index (χ1v) is 8.09. The fourth-order valence-corrected chi connectivity index (χ4v) is 2.17. The minimum atomic E-state index is -1.17. The van der Waals surface area contributed by atoms with E-state index < -0.39 is 23.4 Å². The first kappa shape index (κ1) is 18.6. The van der Waals surface area contributed by atoms with Gasteiger partial charge in [0.2, 0.25) is 5.82 Å². The van der Waals surface area contributed by atoms with E-state index in [9.17, 15) is 13.6 Å². The number of benzene rings is 2. The topological polar surface area (TPSA) is 35.5 Å². The summed E-state index contributed by atoms with van der Waals surface area (Å²) in [6.45, 7) is 6.11. The third kappa shape index (κ3) is 4.89. The van der Waals surface area contributed by atoms with Crippen LogP contribution < -0.4 is 9.47 Å². The molecule has 0 saturated carbocycles. The molecular weight excluding hydrogens is 326 g/mol. The Bertz CT molecular complexity index is 739. The number of hydrogen-bond donors (Lipinski definition) is 0. The number of halogens is 2. The Hall–Kier alpha value is -2.69. The summed E-state index contributed by atoms with van der Waals surface area (Å²) < 4.78 is 38.5. The van der Waals surface area contributed by atoms with Crippen LogP contribution in [-0.2, 0) is 6.42 Å². The van der Waals surface area contributed by atoms with Crippen LogP contribution >= 0.6 is 0 Å². The Balaban J connectivity index is 2.09. The number of allylic oxidation sites excluding steroid dienone is 1. The van der Waals surface area contributed by atoms with E-state index in [-0.39, 0.29) is 11.1 Å². The maximum atomic E-state index is 14.1. The Morgan fingerprint density at radius 1 is 1.12 bits per heavy atom. The fourth-order valence-electron chi connectivity index (χ4n) is 2.17. The molecule has 0 aliphatic rings. The van der Waals surface area contributed by atoms with Gasteiger partial charge in [-0.3, -0.25) is 0 Å². The first-order valence-electron chi connectivity index (χ1n) is 8.09. The number of rotatable bonds is 8. The molecule has 3 nitrogen and oxygen atoms in total. The van der Waals surface area contributed by atoms with E-state index in [2.05, 4.69) is 6.58 Å². The minimum Gasteiger partial charge on any atom is -0.494 e. The van der Waals surface area contributed by atoms with Crippen molar-refractivity contribution in [3.63, 3.8) is 0 Å². The lowest BCUT2D eigenvalue weighted by atomic mass is 10.1. The van der Waals surface area contributed by atoms with Crippen LogP contribution in [-0.4, -0.2) is 12.6 Å². The molecule has 0 bridgehead atoms. The predicted octanol–water partition coefficient (Wildman–Crippen LogP) is 5.09. The zero-order chi connectivity index (χ0) is 18.2. The second-order valence-electron chi connectivity index (χ2n) is 5.44. The molecule has 0 fully saturated rings. The molecule has 5 heteroatoms. The monoisotopic (exact) mass is 346 g/mol. The highest BCUT2D eigenvalue weighted by Gasteiger charge is 2.17. The molecule has 25 heavy (non-hydrogen) atoms. The molecule has 0 radical (unpaired) electrons. The summed E-state index contributed by atoms with van der Waals surface area (Å²) in [7, 11) is 0. The third-order valence-electron chi connectivity index (χ3n) is 3.51. The van der Waals surface area contributed by atoms with E-state index in [0.29, 0.717) is 25.2 Å². The van der Waals surface area contributed by atoms with Crippen molar-refractivity contribution in [2.45, 2.75) is 26.2 Å². The second kappa shape index (κ2) is 8.97. The SMILES string of the molecule is C=CCCc1ccc(OC(=O)c2ccc(OCCC)cc2)c(F)c1F. The molecule has 0 saturated heterocycles. The summed E-state index contributed by atoms with van der Waals surface area (Å²) in [6, 6.07) is 8.95. The standard InChI is InChI=1S/C20H20F2O3/c1-3-5-6-14-9-12-17(19(22)18(14)21)25-20(23)15-7-10-16(11-8-15)24-13-4-2/h3,7-12H,1,4-6,13H2,2H3. The summed E-state index contributed by atoms with van der Waals surface area (Å²) in [5.74, 6) is -2.74. The first-order chi connectivity index (χ1) is 12.1. The van der Waals surface area contributed by atoms with Gasteiger partial charge < -0.3 is 9.47 Å². The Morgan fingerprint density at radius 3 is 2.48 bits per heavy atom. The molecule has 2 rings (SSSR count). The van der Waals surface area contributed by atoms with Crippen LogP contribution in [0, 0.1) is 11.6 Å². The van der Waals surface area contributed by atoms with Gasteiger partial charge in [0, 0.05) is 0 Å². The van der Waals surface area contributed by atoms with Gasteiger partial charge in [0.05, 0.1) is 12.2 Å². The number of carbonyl (C=O) groups is 1. The highest BCUT2D eigenvalue weighted by Crippen LogP contribution is 2.25. The van der Waals surface area contributed by atoms with Gasteiger partial charge in [0.15, 0.2) is 11.6 Å². The molecule has 132 valence electrons. The van der Waals surface area contributed by atoms with E-state index >= 15 is 0 Å². The van der Waals surface area contributed by atoms with Gasteiger partial charge in [-0.2, -0.15) is 4.39 Å². The molecule has 0 unspecified atom stereocenters. The lowest BCUT2D eigenvalue weighted by Gasteiger charge is -2.09. The van der Waals surface area contributed by atoms with Crippen LogP contribution in [0.3, 0.4) is 0 Å². The van der Waals surface area contributed by atoms with Crippen LogP contribution in [0.1, 0.15) is 35.7 Å². The Kier molecular flexibility index (Phi) is 6.69. The smallest absolute Gasteiger partial charge is 0.343 e. The minimum absolute atomic E-state index is 0.217. The summed E-state index contributed by atoms with van der Waals surface area (Å²) in [6.07, 6.45) is 3.36. The van der Waals surface area contributed by atoms with Crippen molar-refractivity contribution in [3.05, 3.63) is 71.8 Å². The van der Waals surface area contributed by atoms with E-state index in [1.807, 2.05) is 6.92 Å². The Morgan fingerprint density at radius 2 is 1.84 bits per heavy atom. The molecule has 0 aromatic heterocycles. The molecule has 0 N–H and O–H groups in total. The summed E-state index contributed by atoms with van der Waals surface area (Å²) in [5.41, 5.74) is 0.439. The quantitative estimate of drug-likeness (QED) is 0.379. The van der Waals surface area contributed by atoms with Crippen molar-refractivity contribution < 1.29 is 23.0 Å².